The second kappa shape index (κ2) is 6.16. The van der Waals surface area contributed by atoms with Gasteiger partial charge in [-0.05, 0) is 25.1 Å². The Bertz CT molecular complexity index is 495. The number of imidazole rings is 1. The van der Waals surface area contributed by atoms with Crippen LogP contribution in [-0.4, -0.2) is 27.7 Å². The molecule has 0 saturated carbocycles. The summed E-state index contributed by atoms with van der Waals surface area (Å²) < 4.78 is 7.63. The summed E-state index contributed by atoms with van der Waals surface area (Å²) >= 11 is 0. The van der Waals surface area contributed by atoms with Gasteiger partial charge in [0.1, 0.15) is 5.82 Å². The van der Waals surface area contributed by atoms with Crippen molar-refractivity contribution in [3.63, 3.8) is 0 Å². The third-order valence-electron chi connectivity index (χ3n) is 2.53. The van der Waals surface area contributed by atoms with E-state index in [0.717, 1.165) is 30.2 Å². The van der Waals surface area contributed by atoms with Gasteiger partial charge >= 0.3 is 0 Å². The van der Waals surface area contributed by atoms with Crippen molar-refractivity contribution < 1.29 is 4.74 Å². The summed E-state index contributed by atoms with van der Waals surface area (Å²) in [5.41, 5.74) is 5.58. The third kappa shape index (κ3) is 2.68. The molecule has 0 aromatic carbocycles. The molecule has 0 atom stereocenters. The minimum Gasteiger partial charge on any atom is -0.490 e. The van der Waals surface area contributed by atoms with Gasteiger partial charge in [-0.3, -0.25) is 4.57 Å². The van der Waals surface area contributed by atoms with E-state index < -0.39 is 0 Å². The molecule has 0 spiro atoms. The van der Waals surface area contributed by atoms with Crippen LogP contribution in [0.25, 0.3) is 5.82 Å². The second-order valence-electron chi connectivity index (χ2n) is 3.93. The first-order valence-electron chi connectivity index (χ1n) is 6.17. The molecule has 2 aromatic heterocycles. The van der Waals surface area contributed by atoms with Crippen molar-refractivity contribution >= 4 is 0 Å². The van der Waals surface area contributed by atoms with Crippen molar-refractivity contribution in [1.82, 2.24) is 14.5 Å². The zero-order valence-electron chi connectivity index (χ0n) is 10.5. The Kier molecular flexibility index (Phi) is 4.30. The molecule has 0 unspecified atom stereocenters. The maximum atomic E-state index is 5.70. The third-order valence-corrected chi connectivity index (χ3v) is 2.53. The van der Waals surface area contributed by atoms with Gasteiger partial charge in [0.15, 0.2) is 11.6 Å². The van der Waals surface area contributed by atoms with Gasteiger partial charge < -0.3 is 10.5 Å². The average molecular weight is 246 g/mol. The van der Waals surface area contributed by atoms with Crippen LogP contribution in [0.2, 0.25) is 0 Å². The fraction of sp³-hybridized carbons (Fsp3) is 0.385. The highest BCUT2D eigenvalue weighted by atomic mass is 16.5. The van der Waals surface area contributed by atoms with Gasteiger partial charge in [0, 0.05) is 25.0 Å². The van der Waals surface area contributed by atoms with E-state index in [1.807, 2.05) is 22.9 Å². The van der Waals surface area contributed by atoms with Crippen LogP contribution >= 0.6 is 0 Å². The molecule has 96 valence electrons. The van der Waals surface area contributed by atoms with Gasteiger partial charge in [-0.15, -0.1) is 0 Å². The van der Waals surface area contributed by atoms with E-state index in [1.54, 1.807) is 12.4 Å². The lowest BCUT2D eigenvalue weighted by Crippen LogP contribution is -2.10. The molecule has 0 saturated heterocycles. The van der Waals surface area contributed by atoms with Gasteiger partial charge in [0.25, 0.3) is 0 Å². The number of aromatic nitrogens is 3. The zero-order chi connectivity index (χ0) is 12.8. The van der Waals surface area contributed by atoms with Crippen molar-refractivity contribution in [2.45, 2.75) is 19.8 Å². The number of nitrogens with zero attached hydrogens (tertiary/aromatic N) is 3. The van der Waals surface area contributed by atoms with Crippen LogP contribution in [0.5, 0.6) is 5.75 Å². The van der Waals surface area contributed by atoms with E-state index in [4.69, 9.17) is 10.5 Å². The van der Waals surface area contributed by atoms with E-state index >= 15 is 0 Å². The van der Waals surface area contributed by atoms with Crippen molar-refractivity contribution in [3.05, 3.63) is 36.5 Å². The summed E-state index contributed by atoms with van der Waals surface area (Å²) in [6.07, 6.45) is 7.07. The van der Waals surface area contributed by atoms with E-state index in [0.29, 0.717) is 13.2 Å². The molecule has 2 N–H and O–H groups in total. The fourth-order valence-corrected chi connectivity index (χ4v) is 1.73. The minimum absolute atomic E-state index is 0.564. The van der Waals surface area contributed by atoms with E-state index in [-0.39, 0.29) is 0 Å². The second-order valence-corrected chi connectivity index (χ2v) is 3.93. The van der Waals surface area contributed by atoms with Crippen LogP contribution in [0, 0.1) is 0 Å². The van der Waals surface area contributed by atoms with E-state index in [2.05, 4.69) is 16.9 Å². The maximum absolute atomic E-state index is 5.70. The molecule has 0 aliphatic rings. The predicted molar refractivity (Wildman–Crippen MR) is 69.9 cm³/mol. The van der Waals surface area contributed by atoms with Gasteiger partial charge in [-0.2, -0.15) is 0 Å². The van der Waals surface area contributed by atoms with Crippen molar-refractivity contribution in [1.29, 1.82) is 0 Å². The van der Waals surface area contributed by atoms with Crippen LogP contribution in [0.1, 0.15) is 19.2 Å². The van der Waals surface area contributed by atoms with Crippen LogP contribution in [0.15, 0.2) is 30.7 Å². The Morgan fingerprint density at radius 2 is 2.22 bits per heavy atom. The van der Waals surface area contributed by atoms with Crippen molar-refractivity contribution in [2.24, 2.45) is 5.73 Å². The topological polar surface area (TPSA) is 66.0 Å². The molecule has 0 fully saturated rings. The molecule has 2 heterocycles. The lowest BCUT2D eigenvalue weighted by atomic mass is 10.3. The molecule has 2 rings (SSSR count). The summed E-state index contributed by atoms with van der Waals surface area (Å²) in [5, 5.41) is 0. The first-order valence-corrected chi connectivity index (χ1v) is 6.17. The molecular formula is C13H18N4O. The Balaban J connectivity index is 2.33. The summed E-state index contributed by atoms with van der Waals surface area (Å²) in [5.74, 6) is 2.44. The SMILES string of the molecule is CCCOc1cccnc1-n1ccnc1CCN. The lowest BCUT2D eigenvalue weighted by molar-refractivity contribution is 0.315. The molecule has 2 aromatic rings. The number of rotatable bonds is 6. The highest BCUT2D eigenvalue weighted by Crippen LogP contribution is 2.21. The first-order chi connectivity index (χ1) is 8.86. The van der Waals surface area contributed by atoms with Gasteiger partial charge in [-0.25, -0.2) is 9.97 Å². The Hall–Kier alpha value is -1.88. The van der Waals surface area contributed by atoms with Crippen LogP contribution < -0.4 is 10.5 Å². The largest absolute Gasteiger partial charge is 0.490 e. The zero-order valence-corrected chi connectivity index (χ0v) is 10.5. The molecule has 5 nitrogen and oxygen atoms in total. The quantitative estimate of drug-likeness (QED) is 0.840. The highest BCUT2D eigenvalue weighted by Gasteiger charge is 2.10. The van der Waals surface area contributed by atoms with Gasteiger partial charge in [-0.1, -0.05) is 6.92 Å². The molecule has 5 heteroatoms. The molecule has 0 bridgehead atoms. The minimum atomic E-state index is 0.564. The Morgan fingerprint density at radius 1 is 1.33 bits per heavy atom. The standard InChI is InChI=1S/C13H18N4O/c1-2-10-18-11-4-3-7-16-13(11)17-9-8-15-12(17)5-6-14/h3-4,7-9H,2,5-6,10,14H2,1H3. The summed E-state index contributed by atoms with van der Waals surface area (Å²) in [6.45, 7) is 3.32. The molecule has 0 radical (unpaired) electrons. The number of pyridine rings is 1. The summed E-state index contributed by atoms with van der Waals surface area (Å²) in [4.78, 5) is 8.67. The fourth-order valence-electron chi connectivity index (χ4n) is 1.73. The maximum Gasteiger partial charge on any atom is 0.181 e. The smallest absolute Gasteiger partial charge is 0.181 e. The van der Waals surface area contributed by atoms with E-state index in [9.17, 15) is 0 Å². The monoisotopic (exact) mass is 246 g/mol. The summed E-state index contributed by atoms with van der Waals surface area (Å²) in [6, 6.07) is 3.79. The van der Waals surface area contributed by atoms with Crippen molar-refractivity contribution in [2.75, 3.05) is 13.2 Å². The normalized spacial score (nSPS) is 10.6. The Labute approximate surface area is 107 Å². The molecular weight excluding hydrogens is 228 g/mol. The van der Waals surface area contributed by atoms with Gasteiger partial charge in [0.2, 0.25) is 0 Å². The number of nitrogens with two attached hydrogens (primary N) is 1. The molecule has 0 aliphatic carbocycles. The lowest BCUT2D eigenvalue weighted by Gasteiger charge is -2.12. The van der Waals surface area contributed by atoms with Crippen LogP contribution in [0.4, 0.5) is 0 Å². The summed E-state index contributed by atoms with van der Waals surface area (Å²) in [7, 11) is 0. The average Bonchev–Trinajstić information content (AvgIpc) is 2.85. The predicted octanol–water partition coefficient (Wildman–Crippen LogP) is 1.56. The molecule has 18 heavy (non-hydrogen) atoms. The van der Waals surface area contributed by atoms with Crippen molar-refractivity contribution in [3.8, 4) is 11.6 Å². The number of hydrogen-bond donors (Lipinski definition) is 1. The van der Waals surface area contributed by atoms with Crippen LogP contribution in [0.3, 0.4) is 0 Å². The Morgan fingerprint density at radius 3 is 3.00 bits per heavy atom. The van der Waals surface area contributed by atoms with Gasteiger partial charge in [0.05, 0.1) is 6.61 Å². The first kappa shape index (κ1) is 12.6. The number of hydrogen-bond acceptors (Lipinski definition) is 4. The highest BCUT2D eigenvalue weighted by molar-refractivity contribution is 5.40. The van der Waals surface area contributed by atoms with Crippen LogP contribution in [-0.2, 0) is 6.42 Å². The van der Waals surface area contributed by atoms with E-state index in [1.165, 1.54) is 0 Å². The molecule has 0 amide bonds. The molecule has 0 aliphatic heterocycles. The number of ether oxygens (including phenoxy) is 1.